The Morgan fingerprint density at radius 3 is 2.63 bits per heavy atom. The molecule has 1 aliphatic rings. The van der Waals surface area contributed by atoms with Gasteiger partial charge in [0.1, 0.15) is 24.4 Å². The molecule has 0 saturated heterocycles. The van der Waals surface area contributed by atoms with Crippen LogP contribution in [0.5, 0.6) is 5.75 Å². The van der Waals surface area contributed by atoms with Crippen LogP contribution < -0.4 is 9.64 Å². The second-order valence-corrected chi connectivity index (χ2v) is 6.63. The van der Waals surface area contributed by atoms with Gasteiger partial charge in [-0.2, -0.15) is 0 Å². The van der Waals surface area contributed by atoms with E-state index >= 15 is 0 Å². The SMILES string of the molecule is C[C@@H]1OCN(c2ccc(OC(F)(F)F)cc2)Cn2c1nc1ccc(Cl)cc12. The Hall–Kier alpha value is -2.45. The molecule has 0 saturated carbocycles. The minimum Gasteiger partial charge on any atom is -0.406 e. The fraction of sp³-hybridized carbons (Fsp3) is 0.278. The monoisotopic (exact) mass is 397 g/mol. The van der Waals surface area contributed by atoms with Crippen molar-refractivity contribution in [1.29, 1.82) is 0 Å². The summed E-state index contributed by atoms with van der Waals surface area (Å²) >= 11 is 6.13. The van der Waals surface area contributed by atoms with Crippen molar-refractivity contribution >= 4 is 28.3 Å². The van der Waals surface area contributed by atoms with Crippen LogP contribution >= 0.6 is 11.6 Å². The van der Waals surface area contributed by atoms with Crippen LogP contribution in [0.3, 0.4) is 0 Å². The zero-order valence-electron chi connectivity index (χ0n) is 14.2. The third-order valence-electron chi connectivity index (χ3n) is 4.33. The van der Waals surface area contributed by atoms with Crippen molar-refractivity contribution < 1.29 is 22.6 Å². The highest BCUT2D eigenvalue weighted by molar-refractivity contribution is 6.31. The zero-order chi connectivity index (χ0) is 19.2. The number of aromatic nitrogens is 2. The lowest BCUT2D eigenvalue weighted by Crippen LogP contribution is -2.26. The minimum absolute atomic E-state index is 0.242. The Labute approximate surface area is 157 Å². The molecular weight excluding hydrogens is 383 g/mol. The van der Waals surface area contributed by atoms with Crippen molar-refractivity contribution in [3.05, 3.63) is 53.3 Å². The average molecular weight is 398 g/mol. The molecule has 0 spiro atoms. The number of alkyl halides is 3. The van der Waals surface area contributed by atoms with Gasteiger partial charge in [-0.05, 0) is 49.4 Å². The Bertz CT molecular complexity index is 972. The molecule has 3 aromatic rings. The molecule has 27 heavy (non-hydrogen) atoms. The molecule has 5 nitrogen and oxygen atoms in total. The molecule has 2 aromatic carbocycles. The van der Waals surface area contributed by atoms with Crippen molar-refractivity contribution in [2.75, 3.05) is 11.6 Å². The summed E-state index contributed by atoms with van der Waals surface area (Å²) in [5.74, 6) is 0.503. The number of hydrogen-bond acceptors (Lipinski definition) is 4. The van der Waals surface area contributed by atoms with Gasteiger partial charge in [0.25, 0.3) is 0 Å². The molecule has 2 heterocycles. The molecule has 9 heteroatoms. The fourth-order valence-electron chi connectivity index (χ4n) is 3.08. The Balaban J connectivity index is 1.66. The Morgan fingerprint density at radius 1 is 1.19 bits per heavy atom. The highest BCUT2D eigenvalue weighted by Gasteiger charge is 2.31. The Kier molecular flexibility index (Phi) is 4.39. The van der Waals surface area contributed by atoms with Crippen molar-refractivity contribution in [3.8, 4) is 5.75 Å². The molecule has 142 valence electrons. The number of rotatable bonds is 2. The first-order valence-corrected chi connectivity index (χ1v) is 8.56. The topological polar surface area (TPSA) is 39.5 Å². The zero-order valence-corrected chi connectivity index (χ0v) is 15.0. The second-order valence-electron chi connectivity index (χ2n) is 6.19. The van der Waals surface area contributed by atoms with Gasteiger partial charge in [-0.15, -0.1) is 13.2 Å². The van der Waals surface area contributed by atoms with Crippen LogP contribution in [0.15, 0.2) is 42.5 Å². The van der Waals surface area contributed by atoms with Crippen molar-refractivity contribution in [3.63, 3.8) is 0 Å². The smallest absolute Gasteiger partial charge is 0.406 e. The molecule has 4 rings (SSSR count). The van der Waals surface area contributed by atoms with Gasteiger partial charge < -0.3 is 18.9 Å². The van der Waals surface area contributed by atoms with Crippen LogP contribution in [0, 0.1) is 0 Å². The second kappa shape index (κ2) is 6.61. The van der Waals surface area contributed by atoms with Crippen molar-refractivity contribution in [2.24, 2.45) is 0 Å². The summed E-state index contributed by atoms with van der Waals surface area (Å²) in [7, 11) is 0. The lowest BCUT2D eigenvalue weighted by atomic mass is 10.3. The summed E-state index contributed by atoms with van der Waals surface area (Å²) in [5, 5.41) is 0.600. The van der Waals surface area contributed by atoms with Crippen LogP contribution in [-0.2, 0) is 11.4 Å². The first kappa shape index (κ1) is 17.9. The van der Waals surface area contributed by atoms with E-state index in [2.05, 4.69) is 9.72 Å². The highest BCUT2D eigenvalue weighted by atomic mass is 35.5. The largest absolute Gasteiger partial charge is 0.573 e. The number of nitrogens with zero attached hydrogens (tertiary/aromatic N) is 3. The van der Waals surface area contributed by atoms with Crippen LogP contribution in [-0.4, -0.2) is 22.6 Å². The van der Waals surface area contributed by atoms with E-state index in [0.717, 1.165) is 16.9 Å². The van der Waals surface area contributed by atoms with Crippen LogP contribution in [0.1, 0.15) is 18.9 Å². The van der Waals surface area contributed by atoms with E-state index in [9.17, 15) is 13.2 Å². The van der Waals surface area contributed by atoms with Gasteiger partial charge in [0, 0.05) is 10.7 Å². The van der Waals surface area contributed by atoms with E-state index in [-0.39, 0.29) is 18.6 Å². The summed E-state index contributed by atoms with van der Waals surface area (Å²) in [5.41, 5.74) is 2.38. The molecule has 0 radical (unpaired) electrons. The third-order valence-corrected chi connectivity index (χ3v) is 4.57. The predicted octanol–water partition coefficient (Wildman–Crippen LogP) is 5.10. The van der Waals surface area contributed by atoms with E-state index in [4.69, 9.17) is 16.3 Å². The molecule has 0 unspecified atom stereocenters. The van der Waals surface area contributed by atoms with Gasteiger partial charge in [-0.1, -0.05) is 11.6 Å². The molecule has 1 aromatic heterocycles. The summed E-state index contributed by atoms with van der Waals surface area (Å²) in [6, 6.07) is 11.1. The molecule has 0 aliphatic carbocycles. The number of halogens is 4. The van der Waals surface area contributed by atoms with Gasteiger partial charge in [0.05, 0.1) is 17.7 Å². The first-order chi connectivity index (χ1) is 12.8. The average Bonchev–Trinajstić information content (AvgIpc) is 2.87. The minimum atomic E-state index is -4.72. The summed E-state index contributed by atoms with van der Waals surface area (Å²) in [4.78, 5) is 6.52. The van der Waals surface area contributed by atoms with E-state index in [1.165, 1.54) is 12.1 Å². The fourth-order valence-corrected chi connectivity index (χ4v) is 3.24. The summed E-state index contributed by atoms with van der Waals surface area (Å²) < 4.78 is 48.8. The van der Waals surface area contributed by atoms with Gasteiger partial charge in [-0.3, -0.25) is 0 Å². The van der Waals surface area contributed by atoms with E-state index in [1.807, 2.05) is 28.5 Å². The van der Waals surface area contributed by atoms with Crippen LogP contribution in [0.25, 0.3) is 11.0 Å². The molecular formula is C18H15ClF3N3O2. The number of hydrogen-bond donors (Lipinski definition) is 0. The third kappa shape index (κ3) is 3.68. The maximum atomic E-state index is 12.3. The quantitative estimate of drug-likeness (QED) is 0.603. The number of imidazole rings is 1. The maximum Gasteiger partial charge on any atom is 0.573 e. The molecule has 0 N–H and O–H groups in total. The van der Waals surface area contributed by atoms with Gasteiger partial charge in [0.2, 0.25) is 0 Å². The Morgan fingerprint density at radius 2 is 1.93 bits per heavy atom. The van der Waals surface area contributed by atoms with Gasteiger partial charge >= 0.3 is 6.36 Å². The maximum absolute atomic E-state index is 12.3. The van der Waals surface area contributed by atoms with E-state index in [0.29, 0.717) is 17.4 Å². The van der Waals surface area contributed by atoms with Gasteiger partial charge in [0.15, 0.2) is 0 Å². The van der Waals surface area contributed by atoms with E-state index < -0.39 is 6.36 Å². The highest BCUT2D eigenvalue weighted by Crippen LogP contribution is 2.31. The normalized spacial score (nSPS) is 17.7. The summed E-state index contributed by atoms with van der Waals surface area (Å²) in [6.07, 6.45) is -4.96. The number of fused-ring (bicyclic) bond motifs is 3. The molecule has 0 fully saturated rings. The van der Waals surface area contributed by atoms with E-state index in [1.54, 1.807) is 18.2 Å². The van der Waals surface area contributed by atoms with Crippen LogP contribution in [0.2, 0.25) is 5.02 Å². The molecule has 0 bridgehead atoms. The van der Waals surface area contributed by atoms with Crippen LogP contribution in [0.4, 0.5) is 18.9 Å². The standard InChI is InChI=1S/C18H15ClF3N3O2/c1-11-17-23-15-7-2-12(19)8-16(15)25(17)9-24(10-26-11)13-3-5-14(6-4-13)27-18(20,21)22/h2-8,11H,9-10H2,1H3/t11-/m0/s1. The van der Waals surface area contributed by atoms with Gasteiger partial charge in [-0.25, -0.2) is 4.98 Å². The molecule has 1 aliphatic heterocycles. The van der Waals surface area contributed by atoms with Crippen molar-refractivity contribution in [1.82, 2.24) is 9.55 Å². The van der Waals surface area contributed by atoms with Crippen molar-refractivity contribution in [2.45, 2.75) is 26.1 Å². The lowest BCUT2D eigenvalue weighted by Gasteiger charge is -2.23. The number of ether oxygens (including phenoxy) is 2. The lowest BCUT2D eigenvalue weighted by molar-refractivity contribution is -0.274. The first-order valence-electron chi connectivity index (χ1n) is 8.18. The molecule has 1 atom stereocenters. The summed E-state index contributed by atoms with van der Waals surface area (Å²) in [6.45, 7) is 2.60. The predicted molar refractivity (Wildman–Crippen MR) is 94.7 cm³/mol. The molecule has 0 amide bonds. The number of anilines is 1. The number of benzene rings is 2.